The van der Waals surface area contributed by atoms with Crippen LogP contribution in [-0.4, -0.2) is 50.8 Å². The Morgan fingerprint density at radius 1 is 1.06 bits per heavy atom. The van der Waals surface area contributed by atoms with Crippen molar-refractivity contribution in [3.05, 3.63) is 54.5 Å². The molecule has 2 rings (SSSR count). The van der Waals surface area contributed by atoms with Gasteiger partial charge in [0.2, 0.25) is 11.9 Å². The predicted molar refractivity (Wildman–Crippen MR) is 100 cm³/mol. The van der Waals surface area contributed by atoms with Crippen LogP contribution in [-0.2, 0) is 4.79 Å². The number of alkyl halides is 6. The fourth-order valence-electron chi connectivity index (χ4n) is 1.74. The SMILES string of the molecule is NC(=O)c1ccc(Nc2ncncccc(NCC(F)(F)F)[nH]2)cc1.O=C(O)C(F)(F)F. The Hall–Kier alpha value is -4.04. The summed E-state index contributed by atoms with van der Waals surface area (Å²) in [7, 11) is 0. The summed E-state index contributed by atoms with van der Waals surface area (Å²) in [6.45, 7) is -1.21. The number of nitrogens with one attached hydrogen (secondary N) is 3. The molecule has 0 saturated heterocycles. The van der Waals surface area contributed by atoms with Crippen molar-refractivity contribution in [2.75, 3.05) is 17.2 Å². The van der Waals surface area contributed by atoms with Crippen LogP contribution in [0.5, 0.6) is 0 Å². The maximum atomic E-state index is 12.4. The van der Waals surface area contributed by atoms with Crippen molar-refractivity contribution in [3.63, 3.8) is 0 Å². The summed E-state index contributed by atoms with van der Waals surface area (Å²) >= 11 is 0. The number of H-pyrrole nitrogens is 1. The number of hydrogen-bond acceptors (Lipinski definition) is 6. The van der Waals surface area contributed by atoms with Gasteiger partial charge in [-0.05, 0) is 36.4 Å². The van der Waals surface area contributed by atoms with E-state index in [9.17, 15) is 31.1 Å². The second kappa shape index (κ2) is 11.4. The molecule has 2 aromatic rings. The topological polar surface area (TPSA) is 146 Å². The molecule has 1 aromatic carbocycles. The van der Waals surface area contributed by atoms with Crippen LogP contribution in [0.15, 0.2) is 48.9 Å². The van der Waals surface area contributed by atoms with E-state index in [1.807, 2.05) is 0 Å². The minimum atomic E-state index is -5.08. The van der Waals surface area contributed by atoms with Crippen LogP contribution in [0, 0.1) is 0 Å². The molecule has 1 heterocycles. The third kappa shape index (κ3) is 10.7. The number of aromatic amines is 1. The highest BCUT2D eigenvalue weighted by atomic mass is 19.4. The minimum Gasteiger partial charge on any atom is -0.475 e. The lowest BCUT2D eigenvalue weighted by Crippen LogP contribution is -2.21. The van der Waals surface area contributed by atoms with Crippen molar-refractivity contribution in [2.45, 2.75) is 12.4 Å². The van der Waals surface area contributed by atoms with Gasteiger partial charge < -0.3 is 26.5 Å². The number of carbonyl (C=O) groups is 2. The van der Waals surface area contributed by atoms with Gasteiger partial charge in [-0.3, -0.25) is 4.79 Å². The second-order valence-electron chi connectivity index (χ2n) is 5.63. The number of nitrogens with two attached hydrogens (primary N) is 1. The van der Waals surface area contributed by atoms with Crippen molar-refractivity contribution in [1.82, 2.24) is 15.0 Å². The summed E-state index contributed by atoms with van der Waals surface area (Å²) in [5, 5.41) is 12.2. The molecule has 0 radical (unpaired) electrons. The van der Waals surface area contributed by atoms with Crippen molar-refractivity contribution >= 4 is 29.3 Å². The molecule has 0 unspecified atom stereocenters. The molecular weight excluding hydrogens is 450 g/mol. The Labute approximate surface area is 176 Å². The van der Waals surface area contributed by atoms with Crippen molar-refractivity contribution in [3.8, 4) is 0 Å². The number of benzene rings is 1. The third-order valence-electron chi connectivity index (χ3n) is 3.10. The summed E-state index contributed by atoms with van der Waals surface area (Å²) in [6.07, 6.45) is -6.84. The highest BCUT2D eigenvalue weighted by Crippen LogP contribution is 2.17. The number of rotatable bonds is 5. The molecule has 0 aliphatic rings. The van der Waals surface area contributed by atoms with Crippen molar-refractivity contribution in [1.29, 1.82) is 0 Å². The van der Waals surface area contributed by atoms with Crippen LogP contribution in [0.25, 0.3) is 0 Å². The second-order valence-corrected chi connectivity index (χ2v) is 5.63. The van der Waals surface area contributed by atoms with Crippen molar-refractivity contribution < 1.29 is 41.0 Å². The molecule has 9 nitrogen and oxygen atoms in total. The molecule has 0 aliphatic heterocycles. The number of hydrogen-bond donors (Lipinski definition) is 5. The molecule has 0 bridgehead atoms. The molecule has 0 spiro atoms. The minimum absolute atomic E-state index is 0.0825. The molecule has 15 heteroatoms. The van der Waals surface area contributed by atoms with Gasteiger partial charge in [-0.25, -0.2) is 14.8 Å². The van der Waals surface area contributed by atoms with E-state index in [0.717, 1.165) is 0 Å². The molecule has 0 saturated carbocycles. The van der Waals surface area contributed by atoms with Crippen LogP contribution in [0.4, 0.5) is 43.8 Å². The Balaban J connectivity index is 0.000000633. The third-order valence-corrected chi connectivity index (χ3v) is 3.10. The van der Waals surface area contributed by atoms with Gasteiger partial charge >= 0.3 is 18.3 Å². The molecule has 1 amide bonds. The van der Waals surface area contributed by atoms with Crippen LogP contribution in [0.3, 0.4) is 0 Å². The smallest absolute Gasteiger partial charge is 0.475 e. The van der Waals surface area contributed by atoms with Crippen LogP contribution in [0.2, 0.25) is 0 Å². The lowest BCUT2D eigenvalue weighted by atomic mass is 10.2. The van der Waals surface area contributed by atoms with E-state index in [1.165, 1.54) is 36.8 Å². The number of aromatic nitrogens is 3. The van der Waals surface area contributed by atoms with Crippen LogP contribution < -0.4 is 16.4 Å². The Bertz CT molecular complexity index is 958. The van der Waals surface area contributed by atoms with Gasteiger partial charge in [0.15, 0.2) is 0 Å². The van der Waals surface area contributed by atoms with E-state index in [1.54, 1.807) is 12.1 Å². The molecule has 6 N–H and O–H groups in total. The number of anilines is 3. The summed E-state index contributed by atoms with van der Waals surface area (Å²) in [4.78, 5) is 30.5. The molecular formula is C17H16F6N6O3. The Morgan fingerprint density at radius 2 is 1.66 bits per heavy atom. The molecule has 0 fully saturated rings. The van der Waals surface area contributed by atoms with Gasteiger partial charge in [0, 0.05) is 17.4 Å². The van der Waals surface area contributed by atoms with E-state index >= 15 is 0 Å². The number of aliphatic carboxylic acids is 1. The highest BCUT2D eigenvalue weighted by molar-refractivity contribution is 5.93. The average molecular weight is 466 g/mol. The number of carboxylic acid groups (broad SMARTS) is 1. The lowest BCUT2D eigenvalue weighted by molar-refractivity contribution is -0.192. The Morgan fingerprint density at radius 3 is 2.16 bits per heavy atom. The first kappa shape index (κ1) is 26.0. The van der Waals surface area contributed by atoms with E-state index in [4.69, 9.17) is 15.6 Å². The number of amides is 1. The van der Waals surface area contributed by atoms with E-state index in [2.05, 4.69) is 25.6 Å². The fraction of sp³-hybridized carbons (Fsp3) is 0.176. The molecule has 0 aliphatic carbocycles. The maximum Gasteiger partial charge on any atom is 0.490 e. The first-order chi connectivity index (χ1) is 14.8. The fourth-order valence-corrected chi connectivity index (χ4v) is 1.74. The number of halogens is 6. The van der Waals surface area contributed by atoms with Gasteiger partial charge in [-0.1, -0.05) is 0 Å². The first-order valence-electron chi connectivity index (χ1n) is 8.29. The summed E-state index contributed by atoms with van der Waals surface area (Å²) < 4.78 is 68.9. The molecule has 0 atom stereocenters. The van der Waals surface area contributed by atoms with Gasteiger partial charge in [-0.2, -0.15) is 26.3 Å². The van der Waals surface area contributed by atoms with Gasteiger partial charge in [0.05, 0.1) is 0 Å². The van der Waals surface area contributed by atoms with E-state index < -0.39 is 30.8 Å². The largest absolute Gasteiger partial charge is 0.490 e. The predicted octanol–water partition coefficient (Wildman–Crippen LogP) is 3.38. The van der Waals surface area contributed by atoms with Crippen LogP contribution >= 0.6 is 0 Å². The average Bonchev–Trinajstić information content (AvgIpc) is 2.78. The highest BCUT2D eigenvalue weighted by Gasteiger charge is 2.38. The number of carboxylic acids is 1. The Kier molecular flexibility index (Phi) is 9.24. The summed E-state index contributed by atoms with van der Waals surface area (Å²) in [5.74, 6) is -3.10. The monoisotopic (exact) mass is 466 g/mol. The number of nitrogens with zero attached hydrogens (tertiary/aromatic N) is 2. The standard InChI is InChI=1S/C15H15F3N6O.C2HF3O2/c16-15(17,18)8-21-12-2-1-7-20-9-22-14(24-12)23-11-5-3-10(4-6-11)13(19)25;3-2(4,5)1(6)7/h1-7,9,21H,8H2,(H2,19,25)(H2,20,22,23,24);(H,6,7). The van der Waals surface area contributed by atoms with E-state index in [0.29, 0.717) is 11.3 Å². The normalized spacial score (nSPS) is 10.8. The van der Waals surface area contributed by atoms with Crippen LogP contribution in [0.1, 0.15) is 10.4 Å². The zero-order chi connectivity index (χ0) is 24.4. The molecule has 1 aromatic heterocycles. The summed E-state index contributed by atoms with van der Waals surface area (Å²) in [6, 6.07) is 9.03. The zero-order valence-electron chi connectivity index (χ0n) is 15.8. The summed E-state index contributed by atoms with van der Waals surface area (Å²) in [5.41, 5.74) is 6.04. The van der Waals surface area contributed by atoms with Gasteiger partial charge in [0.25, 0.3) is 0 Å². The van der Waals surface area contributed by atoms with E-state index in [-0.39, 0.29) is 11.8 Å². The first-order valence-corrected chi connectivity index (χ1v) is 8.29. The quantitative estimate of drug-likeness (QED) is 0.425. The van der Waals surface area contributed by atoms with Gasteiger partial charge in [0.1, 0.15) is 18.7 Å². The molecule has 32 heavy (non-hydrogen) atoms. The number of primary amides is 1. The zero-order valence-corrected chi connectivity index (χ0v) is 15.8. The van der Waals surface area contributed by atoms with Gasteiger partial charge in [-0.15, -0.1) is 0 Å². The lowest BCUT2D eigenvalue weighted by Gasteiger charge is -2.10. The maximum absolute atomic E-state index is 12.4. The van der Waals surface area contributed by atoms with Crippen molar-refractivity contribution in [2.24, 2.45) is 5.73 Å². The number of carbonyl (C=O) groups excluding carboxylic acids is 1. The molecule has 174 valence electrons.